The van der Waals surface area contributed by atoms with Gasteiger partial charge in [0.15, 0.2) is 11.6 Å². The quantitative estimate of drug-likeness (QED) is 0.0694. The van der Waals surface area contributed by atoms with Crippen LogP contribution in [0.5, 0.6) is 11.5 Å². The maximum Gasteiger partial charge on any atom is 0.416 e. The number of benzene rings is 2. The van der Waals surface area contributed by atoms with Gasteiger partial charge < -0.3 is 14.9 Å². The monoisotopic (exact) mass is 548 g/mol. The zero-order valence-corrected chi connectivity index (χ0v) is 22.1. The van der Waals surface area contributed by atoms with E-state index in [4.69, 9.17) is 4.74 Å². The van der Waals surface area contributed by atoms with Gasteiger partial charge >= 0.3 is 6.18 Å². The summed E-state index contributed by atoms with van der Waals surface area (Å²) >= 11 is 0. The Morgan fingerprint density at radius 1 is 0.949 bits per heavy atom. The maximum absolute atomic E-state index is 14.0. The molecule has 2 atom stereocenters. The van der Waals surface area contributed by atoms with Crippen molar-refractivity contribution in [1.82, 2.24) is 0 Å². The van der Waals surface area contributed by atoms with Gasteiger partial charge in [0, 0.05) is 24.3 Å². The molecule has 0 radical (unpaired) electrons. The molecule has 3 rings (SSSR count). The van der Waals surface area contributed by atoms with Crippen LogP contribution in [0, 0.1) is 11.7 Å². The van der Waals surface area contributed by atoms with E-state index in [0.29, 0.717) is 12.8 Å². The predicted octanol–water partition coefficient (Wildman–Crippen LogP) is 8.51. The van der Waals surface area contributed by atoms with Gasteiger partial charge in [-0.2, -0.15) is 13.2 Å². The number of aliphatic hydroxyl groups is 2. The van der Waals surface area contributed by atoms with Crippen molar-refractivity contribution in [2.24, 2.45) is 5.92 Å². The van der Waals surface area contributed by atoms with Crippen molar-refractivity contribution in [3.8, 4) is 11.5 Å². The van der Waals surface area contributed by atoms with E-state index in [1.807, 2.05) is 6.92 Å². The van der Waals surface area contributed by atoms with Crippen LogP contribution < -0.4 is 4.74 Å². The molecule has 0 saturated heterocycles. The van der Waals surface area contributed by atoms with Gasteiger partial charge in [-0.05, 0) is 73.6 Å². The number of ether oxygens (including phenoxy) is 1. The third kappa shape index (κ3) is 7.07. The molecule has 2 aromatic rings. The van der Waals surface area contributed by atoms with E-state index in [9.17, 15) is 37.4 Å². The van der Waals surface area contributed by atoms with Gasteiger partial charge in [-0.15, -0.1) is 0 Å². The molecule has 0 spiro atoms. The number of halogens is 4. The standard InChI is InChI=1S/C30H32F4O5/c1-4-7-25(35)20(6-3)28(37)27(26(36)8-5-2)29(38)23-16-22(23)21-14-13-19(15-24(21)30(32,33)34)39-18-11-9-17(31)10-12-18/h9-15,22-23,35,37H,4-8,16H2,1-3H3/b25-20+,28-27-. The zero-order chi connectivity index (χ0) is 28.9. The Hall–Kier alpha value is -3.62. The summed E-state index contributed by atoms with van der Waals surface area (Å²) in [5, 5.41) is 21.3. The number of hydrogen-bond donors (Lipinski definition) is 2. The van der Waals surface area contributed by atoms with E-state index >= 15 is 0 Å². The Bertz CT molecular complexity index is 1280. The van der Waals surface area contributed by atoms with Gasteiger partial charge in [0.2, 0.25) is 0 Å². The zero-order valence-electron chi connectivity index (χ0n) is 22.1. The van der Waals surface area contributed by atoms with Crippen molar-refractivity contribution in [3.63, 3.8) is 0 Å². The summed E-state index contributed by atoms with van der Waals surface area (Å²) in [4.78, 5) is 26.4. The van der Waals surface area contributed by atoms with Crippen LogP contribution in [0.1, 0.15) is 76.3 Å². The SMILES string of the molecule is CCCC(=O)/C(C(=O)C1CC1c1ccc(Oc2ccc(F)cc2)cc1C(F)(F)F)=C(O)\C(CC)=C(\O)CCC. The molecule has 210 valence electrons. The first-order chi connectivity index (χ1) is 18.4. The summed E-state index contributed by atoms with van der Waals surface area (Å²) in [6.45, 7) is 5.21. The molecule has 0 amide bonds. The second-order valence-electron chi connectivity index (χ2n) is 9.54. The maximum atomic E-state index is 14.0. The molecule has 9 heteroatoms. The number of alkyl halides is 3. The Morgan fingerprint density at radius 2 is 1.56 bits per heavy atom. The highest BCUT2D eigenvalue weighted by molar-refractivity contribution is 6.22. The minimum absolute atomic E-state index is 0.0305. The third-order valence-electron chi connectivity index (χ3n) is 6.62. The Balaban J connectivity index is 1.96. The second-order valence-corrected chi connectivity index (χ2v) is 9.54. The van der Waals surface area contributed by atoms with E-state index < -0.39 is 52.3 Å². The van der Waals surface area contributed by atoms with Crippen molar-refractivity contribution in [2.45, 2.75) is 71.4 Å². The number of carbonyl (C=O) groups excluding carboxylic acids is 2. The lowest BCUT2D eigenvalue weighted by molar-refractivity contribution is -0.138. The third-order valence-corrected chi connectivity index (χ3v) is 6.62. The van der Waals surface area contributed by atoms with E-state index in [2.05, 4.69) is 0 Å². The number of rotatable bonds is 12. The lowest BCUT2D eigenvalue weighted by Crippen LogP contribution is -2.19. The molecule has 2 unspecified atom stereocenters. The first kappa shape index (κ1) is 29.9. The number of Topliss-reactive ketones (excluding diaryl/α,β-unsaturated/α-hetero) is 2. The van der Waals surface area contributed by atoms with Gasteiger partial charge in [0.1, 0.15) is 28.6 Å². The average Bonchev–Trinajstić information content (AvgIpc) is 3.67. The number of ketones is 2. The summed E-state index contributed by atoms with van der Waals surface area (Å²) in [6.07, 6.45) is -3.34. The van der Waals surface area contributed by atoms with E-state index in [-0.39, 0.29) is 54.1 Å². The number of aliphatic hydroxyl groups excluding tert-OH is 2. The lowest BCUT2D eigenvalue weighted by Gasteiger charge is -2.16. The summed E-state index contributed by atoms with van der Waals surface area (Å²) in [5.74, 6) is -4.29. The molecule has 0 heterocycles. The van der Waals surface area contributed by atoms with Crippen molar-refractivity contribution < 1.29 is 42.1 Å². The first-order valence-electron chi connectivity index (χ1n) is 13.0. The molecule has 1 aliphatic carbocycles. The fourth-order valence-electron chi connectivity index (χ4n) is 4.61. The highest BCUT2D eigenvalue weighted by Gasteiger charge is 2.50. The predicted molar refractivity (Wildman–Crippen MR) is 138 cm³/mol. The first-order valence-corrected chi connectivity index (χ1v) is 13.0. The van der Waals surface area contributed by atoms with Gasteiger partial charge in [-0.3, -0.25) is 9.59 Å². The number of carbonyl (C=O) groups is 2. The normalized spacial score (nSPS) is 18.2. The van der Waals surface area contributed by atoms with Crippen LogP contribution in [0.3, 0.4) is 0 Å². The van der Waals surface area contributed by atoms with Gasteiger partial charge in [0.25, 0.3) is 0 Å². The van der Waals surface area contributed by atoms with Crippen LogP contribution in [-0.4, -0.2) is 21.8 Å². The van der Waals surface area contributed by atoms with Crippen LogP contribution in [0.15, 0.2) is 65.1 Å². The van der Waals surface area contributed by atoms with Crippen LogP contribution in [0.2, 0.25) is 0 Å². The van der Waals surface area contributed by atoms with Crippen molar-refractivity contribution in [2.75, 3.05) is 0 Å². The average molecular weight is 549 g/mol. The van der Waals surface area contributed by atoms with E-state index in [1.165, 1.54) is 24.3 Å². The molecular formula is C30H32F4O5. The number of hydrogen-bond acceptors (Lipinski definition) is 5. The second kappa shape index (κ2) is 12.5. The van der Waals surface area contributed by atoms with Gasteiger partial charge in [-0.25, -0.2) is 4.39 Å². The minimum atomic E-state index is -4.75. The Kier molecular flexibility index (Phi) is 9.59. The highest BCUT2D eigenvalue weighted by atomic mass is 19.4. The topological polar surface area (TPSA) is 83.8 Å². The van der Waals surface area contributed by atoms with E-state index in [1.54, 1.807) is 13.8 Å². The minimum Gasteiger partial charge on any atom is -0.512 e. The number of allylic oxidation sites excluding steroid dienone is 3. The largest absolute Gasteiger partial charge is 0.512 e. The molecule has 1 aliphatic rings. The van der Waals surface area contributed by atoms with E-state index in [0.717, 1.165) is 18.2 Å². The summed E-state index contributed by atoms with van der Waals surface area (Å²) in [6, 6.07) is 8.22. The molecule has 1 saturated carbocycles. The summed E-state index contributed by atoms with van der Waals surface area (Å²) in [7, 11) is 0. The van der Waals surface area contributed by atoms with Crippen molar-refractivity contribution in [3.05, 3.63) is 82.1 Å². The molecule has 2 aromatic carbocycles. The Labute approximate surface area is 224 Å². The summed E-state index contributed by atoms with van der Waals surface area (Å²) < 4.78 is 60.7. The van der Waals surface area contributed by atoms with Crippen molar-refractivity contribution >= 4 is 11.6 Å². The molecule has 0 bridgehead atoms. The fourth-order valence-corrected chi connectivity index (χ4v) is 4.61. The summed E-state index contributed by atoms with van der Waals surface area (Å²) in [5.41, 5.74) is -1.48. The van der Waals surface area contributed by atoms with Crippen LogP contribution in [-0.2, 0) is 15.8 Å². The van der Waals surface area contributed by atoms with Crippen molar-refractivity contribution in [1.29, 1.82) is 0 Å². The van der Waals surface area contributed by atoms with Crippen LogP contribution in [0.25, 0.3) is 0 Å². The van der Waals surface area contributed by atoms with Gasteiger partial charge in [-0.1, -0.05) is 26.8 Å². The van der Waals surface area contributed by atoms with Gasteiger partial charge in [0.05, 0.1) is 11.3 Å². The molecule has 2 N–H and O–H groups in total. The molecule has 0 aromatic heterocycles. The highest BCUT2D eigenvalue weighted by Crippen LogP contribution is 2.53. The molecule has 5 nitrogen and oxygen atoms in total. The molecule has 0 aliphatic heterocycles. The smallest absolute Gasteiger partial charge is 0.416 e. The molecule has 1 fully saturated rings. The molecular weight excluding hydrogens is 516 g/mol. The fraction of sp³-hybridized carbons (Fsp3) is 0.400. The van der Waals surface area contributed by atoms with Crippen LogP contribution >= 0.6 is 0 Å². The Morgan fingerprint density at radius 3 is 2.13 bits per heavy atom. The molecule has 39 heavy (non-hydrogen) atoms. The lowest BCUT2D eigenvalue weighted by atomic mass is 9.92. The van der Waals surface area contributed by atoms with Crippen LogP contribution in [0.4, 0.5) is 17.6 Å².